The van der Waals surface area contributed by atoms with Crippen LogP contribution in [-0.4, -0.2) is 147 Å². The van der Waals surface area contributed by atoms with Crippen molar-refractivity contribution in [2.24, 2.45) is 23.3 Å². The number of thioether (sulfide) groups is 1. The first-order valence-corrected chi connectivity index (χ1v) is 24.5. The normalized spacial score (nSPS) is 15.1. The molecule has 0 aliphatic heterocycles. The van der Waals surface area contributed by atoms with Crippen LogP contribution in [0.25, 0.3) is 0 Å². The fourth-order valence-electron chi connectivity index (χ4n) is 6.46. The predicted octanol–water partition coefficient (Wildman–Crippen LogP) is -0.722. The molecule has 1 rings (SSSR count). The van der Waals surface area contributed by atoms with Crippen molar-refractivity contribution in [2.45, 2.75) is 140 Å². The second-order valence-corrected chi connectivity index (χ2v) is 18.0. The summed E-state index contributed by atoms with van der Waals surface area (Å²) in [6.07, 6.45) is 0.800. The van der Waals surface area contributed by atoms with E-state index in [0.717, 1.165) is 0 Å². The van der Waals surface area contributed by atoms with E-state index < -0.39 is 139 Å². The van der Waals surface area contributed by atoms with Crippen LogP contribution < -0.4 is 48.7 Å². The van der Waals surface area contributed by atoms with E-state index in [1.807, 2.05) is 6.26 Å². The van der Waals surface area contributed by atoms with Crippen LogP contribution in [0.3, 0.4) is 0 Å². The average molecular weight is 998 g/mol. The van der Waals surface area contributed by atoms with Gasteiger partial charge in [0.1, 0.15) is 42.3 Å². The van der Waals surface area contributed by atoms with E-state index in [0.29, 0.717) is 30.6 Å². The third-order valence-corrected chi connectivity index (χ3v) is 11.9. The van der Waals surface area contributed by atoms with Gasteiger partial charge in [0.2, 0.25) is 41.4 Å². The molecule has 7 amide bonds. The molecular weight excluding hydrogens is 927 g/mol. The summed E-state index contributed by atoms with van der Waals surface area (Å²) >= 11 is 5.66. The molecule has 0 bridgehead atoms. The highest BCUT2D eigenvalue weighted by molar-refractivity contribution is 7.98. The first-order chi connectivity index (χ1) is 32.1. The topological polar surface area (TPSA) is 368 Å². The molecule has 0 heterocycles. The summed E-state index contributed by atoms with van der Waals surface area (Å²) in [6, 6.07) is -2.40. The van der Waals surface area contributed by atoms with Gasteiger partial charge in [0.05, 0.1) is 6.04 Å². The van der Waals surface area contributed by atoms with Gasteiger partial charge in [-0.25, -0.2) is 4.79 Å². The predicted molar refractivity (Wildman–Crippen MR) is 257 cm³/mol. The molecule has 0 fully saturated rings. The van der Waals surface area contributed by atoms with Crippen LogP contribution in [0.15, 0.2) is 30.3 Å². The van der Waals surface area contributed by atoms with E-state index in [9.17, 15) is 63.3 Å². The molecule has 68 heavy (non-hydrogen) atoms. The third kappa shape index (κ3) is 22.6. The molecule has 1 aromatic carbocycles. The summed E-state index contributed by atoms with van der Waals surface area (Å²) in [5.41, 5.74) is 12.3. The van der Waals surface area contributed by atoms with Gasteiger partial charge in [-0.2, -0.15) is 24.4 Å². The summed E-state index contributed by atoms with van der Waals surface area (Å²) in [5, 5.41) is 46.2. The molecule has 0 aliphatic carbocycles. The lowest BCUT2D eigenvalue weighted by Gasteiger charge is -2.29. The summed E-state index contributed by atoms with van der Waals surface area (Å²) < 4.78 is 0. The highest BCUT2D eigenvalue weighted by Crippen LogP contribution is 2.13. The van der Waals surface area contributed by atoms with Crippen LogP contribution in [0, 0.1) is 11.8 Å². The van der Waals surface area contributed by atoms with Crippen molar-refractivity contribution >= 4 is 83.6 Å². The highest BCUT2D eigenvalue weighted by Gasteiger charge is 2.36. The number of nitrogens with two attached hydrogens (primary N) is 2. The Labute approximate surface area is 406 Å². The van der Waals surface area contributed by atoms with Crippen molar-refractivity contribution in [1.29, 1.82) is 0 Å². The first-order valence-electron chi connectivity index (χ1n) is 22.5. The average Bonchev–Trinajstić information content (AvgIpc) is 3.29. The molecule has 0 unspecified atom stereocenters. The molecule has 22 nitrogen and oxygen atoms in total. The van der Waals surface area contributed by atoms with E-state index in [-0.39, 0.29) is 37.5 Å². The molecule has 0 spiro atoms. The lowest BCUT2D eigenvalue weighted by Crippen LogP contribution is -2.61. The number of carboxylic acid groups (broad SMARTS) is 3. The number of carbonyl (C=O) groups excluding carboxylic acids is 7. The van der Waals surface area contributed by atoms with Crippen molar-refractivity contribution in [3.63, 3.8) is 0 Å². The van der Waals surface area contributed by atoms with Crippen LogP contribution in [0.5, 0.6) is 0 Å². The quantitative estimate of drug-likeness (QED) is 0.0299. The van der Waals surface area contributed by atoms with E-state index in [4.69, 9.17) is 11.5 Å². The molecule has 0 saturated carbocycles. The van der Waals surface area contributed by atoms with E-state index in [1.165, 1.54) is 11.8 Å². The molecule has 0 saturated heterocycles. The number of hydrogen-bond acceptors (Lipinski definition) is 14. The van der Waals surface area contributed by atoms with Gasteiger partial charge in [0, 0.05) is 25.0 Å². The zero-order valence-electron chi connectivity index (χ0n) is 39.3. The van der Waals surface area contributed by atoms with Crippen molar-refractivity contribution in [2.75, 3.05) is 24.3 Å². The van der Waals surface area contributed by atoms with Gasteiger partial charge in [0.25, 0.3) is 0 Å². The van der Waals surface area contributed by atoms with Gasteiger partial charge in [-0.15, -0.1) is 0 Å². The first kappa shape index (κ1) is 60.6. The number of carboxylic acids is 3. The van der Waals surface area contributed by atoms with Crippen LogP contribution >= 0.6 is 24.4 Å². The van der Waals surface area contributed by atoms with Crippen molar-refractivity contribution in [3.05, 3.63) is 35.9 Å². The summed E-state index contributed by atoms with van der Waals surface area (Å²) in [4.78, 5) is 131. The Balaban J connectivity index is 3.37. The van der Waals surface area contributed by atoms with Crippen LogP contribution in [0.2, 0.25) is 0 Å². The fourth-order valence-corrected chi connectivity index (χ4v) is 7.19. The molecule has 24 heteroatoms. The summed E-state index contributed by atoms with van der Waals surface area (Å²) in [5.74, 6) is -10.6. The number of hydrogen-bond donors (Lipinski definition) is 13. The maximum absolute atomic E-state index is 14.0. The minimum atomic E-state index is -1.68. The molecule has 14 N–H and O–H groups in total. The number of benzene rings is 1. The van der Waals surface area contributed by atoms with Gasteiger partial charge < -0.3 is 64.0 Å². The lowest BCUT2D eigenvalue weighted by molar-refractivity contribution is -0.143. The molecular formula is C44H71N9O13S2. The number of aliphatic carboxylic acids is 3. The van der Waals surface area contributed by atoms with Gasteiger partial charge in [-0.05, 0) is 74.5 Å². The highest BCUT2D eigenvalue weighted by atomic mass is 32.2. The van der Waals surface area contributed by atoms with Crippen molar-refractivity contribution in [1.82, 2.24) is 37.2 Å². The standard InChI is InChI=1S/C44H71N9O13S2/c1-6-25(4)36(53-40(61)30(19-21-68-5)49-42(63)35(46)24(2)3)43(64)50-27(14-10-11-20-45)37(58)52-32(23-67)41(62)48-28(15-17-33(54)55)38(59)47-29(16-18-34(56)57)39(60)51-31(44(65)66)22-26-12-8-7-9-13-26/h7-9,12-13,24-25,27-32,35-36,67H,6,10-11,14-23,45-46H2,1-5H3,(H,47,59)(H,48,62)(H,49,63)(H,50,64)(H,51,60)(H,52,58)(H,53,61)(H,54,55)(H,56,57)(H,65,66)/t25-,27-,28-,29-,30-,31-,32-,35-,36-/m0/s1. The Kier molecular flexibility index (Phi) is 28.8. The van der Waals surface area contributed by atoms with Crippen LogP contribution in [0.1, 0.15) is 91.0 Å². The largest absolute Gasteiger partial charge is 0.481 e. The summed E-state index contributed by atoms with van der Waals surface area (Å²) in [7, 11) is 0. The Bertz CT molecular complexity index is 1850. The Morgan fingerprint density at radius 3 is 1.50 bits per heavy atom. The number of thiol groups is 1. The maximum Gasteiger partial charge on any atom is 0.326 e. The SMILES string of the molecule is CC[C@H](C)[C@H](NC(=O)[C@H](CCSC)NC(=O)[C@@H](N)C(C)C)C(=O)N[C@@H](CCCCN)C(=O)N[C@@H](CS)C(=O)N[C@@H](CCC(=O)O)C(=O)N[C@@H](CCC(=O)O)C(=O)N[C@@H](Cc1ccccc1)C(=O)O. The van der Waals surface area contributed by atoms with Gasteiger partial charge in [-0.3, -0.25) is 43.2 Å². The van der Waals surface area contributed by atoms with Crippen molar-refractivity contribution < 1.29 is 63.3 Å². The third-order valence-electron chi connectivity index (χ3n) is 10.9. The number of rotatable bonds is 34. The van der Waals surface area contributed by atoms with E-state index in [1.54, 1.807) is 58.0 Å². The Morgan fingerprint density at radius 1 is 0.603 bits per heavy atom. The monoisotopic (exact) mass is 997 g/mol. The van der Waals surface area contributed by atoms with E-state index in [2.05, 4.69) is 49.8 Å². The van der Waals surface area contributed by atoms with Gasteiger partial charge in [0.15, 0.2) is 0 Å². The zero-order chi connectivity index (χ0) is 51.5. The van der Waals surface area contributed by atoms with Crippen molar-refractivity contribution in [3.8, 4) is 0 Å². The number of nitrogens with one attached hydrogen (secondary N) is 7. The number of carbonyl (C=O) groups is 10. The van der Waals surface area contributed by atoms with Gasteiger partial charge in [-0.1, -0.05) is 64.4 Å². The smallest absolute Gasteiger partial charge is 0.326 e. The van der Waals surface area contributed by atoms with E-state index >= 15 is 0 Å². The molecule has 0 aromatic heterocycles. The molecule has 9 atom stereocenters. The second-order valence-electron chi connectivity index (χ2n) is 16.6. The second kappa shape index (κ2) is 32.3. The molecule has 0 aliphatic rings. The maximum atomic E-state index is 14.0. The van der Waals surface area contributed by atoms with Crippen LogP contribution in [-0.2, 0) is 54.4 Å². The minimum Gasteiger partial charge on any atom is -0.481 e. The van der Waals surface area contributed by atoms with Gasteiger partial charge >= 0.3 is 17.9 Å². The van der Waals surface area contributed by atoms with Crippen LogP contribution in [0.4, 0.5) is 0 Å². The molecule has 1 aromatic rings. The number of amides is 7. The number of unbranched alkanes of at least 4 members (excludes halogenated alkanes) is 1. The fraction of sp³-hybridized carbons (Fsp3) is 0.636. The molecule has 382 valence electrons. The molecule has 0 radical (unpaired) electrons. The lowest BCUT2D eigenvalue weighted by atomic mass is 9.96. The summed E-state index contributed by atoms with van der Waals surface area (Å²) in [6.45, 7) is 7.29. The Hall–Kier alpha value is -5.46. The zero-order valence-corrected chi connectivity index (χ0v) is 41.0. The Morgan fingerprint density at radius 2 is 1.04 bits per heavy atom. The minimum absolute atomic E-state index is 0.0356.